The van der Waals surface area contributed by atoms with Crippen molar-refractivity contribution >= 4 is 0 Å². The minimum Gasteiger partial charge on any atom is -0.339 e. The first-order valence-electron chi connectivity index (χ1n) is 6.44. The van der Waals surface area contributed by atoms with Crippen molar-refractivity contribution < 1.29 is 4.52 Å². The Labute approximate surface area is 106 Å². The molecule has 2 aromatic rings. The van der Waals surface area contributed by atoms with Gasteiger partial charge in [0.1, 0.15) is 5.54 Å². The summed E-state index contributed by atoms with van der Waals surface area (Å²) in [6, 6.07) is 8.29. The highest BCUT2D eigenvalue weighted by Crippen LogP contribution is 2.36. The Bertz CT molecular complexity index is 564. The molecule has 0 spiro atoms. The first-order valence-corrected chi connectivity index (χ1v) is 6.44. The number of fused-ring (bicyclic) bond motifs is 1. The van der Waals surface area contributed by atoms with E-state index < -0.39 is 5.54 Å². The smallest absolute Gasteiger partial charge is 0.226 e. The van der Waals surface area contributed by atoms with Gasteiger partial charge < -0.3 is 10.3 Å². The molecule has 1 aliphatic rings. The van der Waals surface area contributed by atoms with Gasteiger partial charge in [-0.1, -0.05) is 36.3 Å². The van der Waals surface area contributed by atoms with Crippen LogP contribution < -0.4 is 5.73 Å². The maximum absolute atomic E-state index is 6.58. The topological polar surface area (TPSA) is 64.9 Å². The van der Waals surface area contributed by atoms with Crippen LogP contribution in [-0.2, 0) is 18.4 Å². The molecule has 0 fully saturated rings. The summed E-state index contributed by atoms with van der Waals surface area (Å²) in [5.74, 6) is 1.27. The fraction of sp³-hybridized carbons (Fsp3) is 0.429. The van der Waals surface area contributed by atoms with Crippen LogP contribution >= 0.6 is 0 Å². The lowest BCUT2D eigenvalue weighted by Gasteiger charge is -2.32. The predicted octanol–water partition coefficient (Wildman–Crippen LogP) is 2.17. The first kappa shape index (κ1) is 11.4. The summed E-state index contributed by atoms with van der Waals surface area (Å²) in [5.41, 5.74) is 8.42. The molecule has 0 bridgehead atoms. The van der Waals surface area contributed by atoms with E-state index in [2.05, 4.69) is 28.3 Å². The maximum atomic E-state index is 6.58. The van der Waals surface area contributed by atoms with Gasteiger partial charge in [0.05, 0.1) is 0 Å². The Morgan fingerprint density at radius 2 is 2.22 bits per heavy atom. The molecule has 3 rings (SSSR count). The van der Waals surface area contributed by atoms with Crippen molar-refractivity contribution in [3.63, 3.8) is 0 Å². The molecule has 0 saturated carbocycles. The molecule has 1 atom stereocenters. The van der Waals surface area contributed by atoms with Crippen LogP contribution in [0.5, 0.6) is 0 Å². The Morgan fingerprint density at radius 1 is 1.39 bits per heavy atom. The Hall–Kier alpha value is -1.68. The number of benzene rings is 1. The highest BCUT2D eigenvalue weighted by molar-refractivity contribution is 5.40. The zero-order valence-electron chi connectivity index (χ0n) is 10.5. The molecule has 94 valence electrons. The van der Waals surface area contributed by atoms with Crippen molar-refractivity contribution in [2.45, 2.75) is 38.1 Å². The number of nitrogens with two attached hydrogens (primary N) is 1. The fourth-order valence-corrected chi connectivity index (χ4v) is 2.68. The van der Waals surface area contributed by atoms with E-state index in [-0.39, 0.29) is 0 Å². The van der Waals surface area contributed by atoms with E-state index in [9.17, 15) is 0 Å². The molecular formula is C14H17N3O. The molecular weight excluding hydrogens is 226 g/mol. The Kier molecular flexibility index (Phi) is 2.67. The monoisotopic (exact) mass is 243 g/mol. The minimum absolute atomic E-state index is 0.592. The van der Waals surface area contributed by atoms with E-state index in [1.165, 1.54) is 5.56 Å². The van der Waals surface area contributed by atoms with Crippen LogP contribution in [0, 0.1) is 0 Å². The van der Waals surface area contributed by atoms with E-state index in [1.54, 1.807) is 0 Å². The number of aromatic nitrogens is 2. The van der Waals surface area contributed by atoms with Crippen molar-refractivity contribution in [1.29, 1.82) is 0 Å². The van der Waals surface area contributed by atoms with Gasteiger partial charge in [-0.2, -0.15) is 4.98 Å². The van der Waals surface area contributed by atoms with Crippen LogP contribution in [-0.4, -0.2) is 10.1 Å². The number of hydrogen-bond donors (Lipinski definition) is 1. The van der Waals surface area contributed by atoms with Gasteiger partial charge in [0.25, 0.3) is 0 Å². The third-order valence-corrected chi connectivity index (χ3v) is 3.68. The third kappa shape index (κ3) is 1.64. The standard InChI is InChI=1S/C14H17N3O/c1-2-12-16-13(17-18-12)14(15)9-5-7-10-6-3-4-8-11(10)14/h3-4,6,8H,2,5,7,9,15H2,1H3. The maximum Gasteiger partial charge on any atom is 0.226 e. The fourth-order valence-electron chi connectivity index (χ4n) is 2.68. The van der Waals surface area contributed by atoms with E-state index in [0.29, 0.717) is 11.7 Å². The van der Waals surface area contributed by atoms with Gasteiger partial charge in [-0.3, -0.25) is 0 Å². The SMILES string of the molecule is CCc1nc(C2(N)CCCc3ccccc32)no1. The van der Waals surface area contributed by atoms with Gasteiger partial charge in [0, 0.05) is 6.42 Å². The number of aryl methyl sites for hydroxylation is 2. The van der Waals surface area contributed by atoms with Crippen molar-refractivity contribution in [1.82, 2.24) is 10.1 Å². The second kappa shape index (κ2) is 4.21. The predicted molar refractivity (Wildman–Crippen MR) is 68.0 cm³/mol. The molecule has 0 saturated heterocycles. The van der Waals surface area contributed by atoms with Gasteiger partial charge in [0.15, 0.2) is 5.82 Å². The van der Waals surface area contributed by atoms with Crippen LogP contribution in [0.4, 0.5) is 0 Å². The lowest BCUT2D eigenvalue weighted by atomic mass is 9.77. The second-order valence-electron chi connectivity index (χ2n) is 4.85. The Balaban J connectivity index is 2.10. The van der Waals surface area contributed by atoms with Crippen LogP contribution in [0.3, 0.4) is 0 Å². The molecule has 0 radical (unpaired) electrons. The normalized spacial score (nSPS) is 22.8. The van der Waals surface area contributed by atoms with Crippen LogP contribution in [0.2, 0.25) is 0 Å². The Morgan fingerprint density at radius 3 is 3.00 bits per heavy atom. The van der Waals surface area contributed by atoms with Crippen LogP contribution in [0.25, 0.3) is 0 Å². The van der Waals surface area contributed by atoms with Crippen molar-refractivity contribution in [3.05, 3.63) is 47.1 Å². The molecule has 1 aromatic heterocycles. The van der Waals surface area contributed by atoms with E-state index in [4.69, 9.17) is 10.3 Å². The molecule has 1 unspecified atom stereocenters. The van der Waals surface area contributed by atoms with E-state index >= 15 is 0 Å². The summed E-state index contributed by atoms with van der Waals surface area (Å²) in [4.78, 5) is 4.42. The molecule has 0 aliphatic heterocycles. The lowest BCUT2D eigenvalue weighted by molar-refractivity contribution is 0.351. The summed E-state index contributed by atoms with van der Waals surface area (Å²) in [5, 5.41) is 4.07. The molecule has 0 amide bonds. The summed E-state index contributed by atoms with van der Waals surface area (Å²) in [6.45, 7) is 2.00. The third-order valence-electron chi connectivity index (χ3n) is 3.68. The lowest BCUT2D eigenvalue weighted by Crippen LogP contribution is -2.42. The molecule has 4 nitrogen and oxygen atoms in total. The van der Waals surface area contributed by atoms with Gasteiger partial charge in [-0.15, -0.1) is 0 Å². The second-order valence-corrected chi connectivity index (χ2v) is 4.85. The average molecular weight is 243 g/mol. The molecule has 18 heavy (non-hydrogen) atoms. The molecule has 1 aliphatic carbocycles. The quantitative estimate of drug-likeness (QED) is 0.878. The zero-order valence-corrected chi connectivity index (χ0v) is 10.5. The zero-order chi connectivity index (χ0) is 12.6. The van der Waals surface area contributed by atoms with Gasteiger partial charge in [0.2, 0.25) is 5.89 Å². The molecule has 1 heterocycles. The highest BCUT2D eigenvalue weighted by Gasteiger charge is 2.38. The van der Waals surface area contributed by atoms with Crippen molar-refractivity contribution in [2.75, 3.05) is 0 Å². The minimum atomic E-state index is -0.592. The van der Waals surface area contributed by atoms with Gasteiger partial charge in [-0.25, -0.2) is 0 Å². The molecule has 2 N–H and O–H groups in total. The van der Waals surface area contributed by atoms with Crippen molar-refractivity contribution in [2.24, 2.45) is 5.73 Å². The summed E-state index contributed by atoms with van der Waals surface area (Å²) in [6.07, 6.45) is 3.74. The number of hydrogen-bond acceptors (Lipinski definition) is 4. The highest BCUT2D eigenvalue weighted by atomic mass is 16.5. The van der Waals surface area contributed by atoms with E-state index in [0.717, 1.165) is 31.2 Å². The van der Waals surface area contributed by atoms with Crippen LogP contribution in [0.15, 0.2) is 28.8 Å². The average Bonchev–Trinajstić information content (AvgIpc) is 2.89. The van der Waals surface area contributed by atoms with Crippen molar-refractivity contribution in [3.8, 4) is 0 Å². The van der Waals surface area contributed by atoms with Gasteiger partial charge in [-0.05, 0) is 30.4 Å². The largest absolute Gasteiger partial charge is 0.339 e. The summed E-state index contributed by atoms with van der Waals surface area (Å²) < 4.78 is 5.21. The number of nitrogens with zero attached hydrogens (tertiary/aromatic N) is 2. The molecule has 1 aromatic carbocycles. The van der Waals surface area contributed by atoms with E-state index in [1.807, 2.05) is 13.0 Å². The molecule has 4 heteroatoms. The van der Waals surface area contributed by atoms with Gasteiger partial charge >= 0.3 is 0 Å². The summed E-state index contributed by atoms with van der Waals surface area (Å²) in [7, 11) is 0. The van der Waals surface area contributed by atoms with Crippen LogP contribution in [0.1, 0.15) is 42.6 Å². The first-order chi connectivity index (χ1) is 8.74. The number of rotatable bonds is 2. The summed E-state index contributed by atoms with van der Waals surface area (Å²) >= 11 is 0.